The van der Waals surface area contributed by atoms with Crippen LogP contribution < -0.4 is 4.90 Å². The maximum Gasteiger partial charge on any atom is 0.227 e. The van der Waals surface area contributed by atoms with Crippen LogP contribution in [-0.2, 0) is 11.2 Å². The minimum Gasteiger partial charge on any atom is -0.360 e. The van der Waals surface area contributed by atoms with E-state index in [0.717, 1.165) is 74.5 Å². The van der Waals surface area contributed by atoms with Gasteiger partial charge in [0.15, 0.2) is 0 Å². The van der Waals surface area contributed by atoms with E-state index in [2.05, 4.69) is 40.3 Å². The number of halogens is 1. The summed E-state index contributed by atoms with van der Waals surface area (Å²) in [7, 11) is 0. The number of carbonyl (C=O) groups is 1. The molecule has 2 aliphatic heterocycles. The zero-order valence-corrected chi connectivity index (χ0v) is 18.7. The van der Waals surface area contributed by atoms with Gasteiger partial charge in [0.2, 0.25) is 5.91 Å². The SMILES string of the molecule is O=C(CCCN1CCC(c2c[nH]c3c(Cl)cccc23)CC1)N1CCCc2ccccc21. The molecule has 0 radical (unpaired) electrons. The lowest BCUT2D eigenvalue weighted by Crippen LogP contribution is -2.37. The Morgan fingerprint density at radius 2 is 1.90 bits per heavy atom. The van der Waals surface area contributed by atoms with Crippen molar-refractivity contribution in [2.75, 3.05) is 31.1 Å². The minimum atomic E-state index is 0.276. The Morgan fingerprint density at radius 3 is 2.77 bits per heavy atom. The second-order valence-electron chi connectivity index (χ2n) is 8.90. The number of hydrogen-bond acceptors (Lipinski definition) is 2. The number of rotatable bonds is 5. The summed E-state index contributed by atoms with van der Waals surface area (Å²) in [4.78, 5) is 20.7. The number of carbonyl (C=O) groups excluding carboxylic acids is 1. The number of anilines is 1. The van der Waals surface area contributed by atoms with Crippen molar-refractivity contribution in [2.24, 2.45) is 0 Å². The molecule has 2 aliphatic rings. The van der Waals surface area contributed by atoms with Gasteiger partial charge in [0, 0.05) is 30.2 Å². The van der Waals surface area contributed by atoms with Gasteiger partial charge < -0.3 is 14.8 Å². The van der Waals surface area contributed by atoms with Gasteiger partial charge in [-0.05, 0) is 80.9 Å². The van der Waals surface area contributed by atoms with Crippen LogP contribution in [0.3, 0.4) is 0 Å². The number of H-pyrrole nitrogens is 1. The van der Waals surface area contributed by atoms with Crippen LogP contribution in [0.25, 0.3) is 10.9 Å². The van der Waals surface area contributed by atoms with E-state index in [1.54, 1.807) is 0 Å². The van der Waals surface area contributed by atoms with Gasteiger partial charge in [-0.25, -0.2) is 0 Å². The smallest absolute Gasteiger partial charge is 0.227 e. The number of hydrogen-bond donors (Lipinski definition) is 1. The van der Waals surface area contributed by atoms with E-state index in [-0.39, 0.29) is 5.91 Å². The zero-order chi connectivity index (χ0) is 21.2. The van der Waals surface area contributed by atoms with Crippen LogP contribution in [0.5, 0.6) is 0 Å². The van der Waals surface area contributed by atoms with Gasteiger partial charge in [-0.15, -0.1) is 0 Å². The first-order valence-electron chi connectivity index (χ1n) is 11.6. The molecule has 0 bridgehead atoms. The summed E-state index contributed by atoms with van der Waals surface area (Å²) in [6.45, 7) is 4.06. The Balaban J connectivity index is 1.12. The van der Waals surface area contributed by atoms with Crippen LogP contribution in [0, 0.1) is 0 Å². The Morgan fingerprint density at radius 1 is 1.06 bits per heavy atom. The normalized spacial score (nSPS) is 17.8. The summed E-state index contributed by atoms with van der Waals surface area (Å²) in [5, 5.41) is 2.06. The number of aryl methyl sites for hydroxylation is 1. The van der Waals surface area contributed by atoms with Gasteiger partial charge >= 0.3 is 0 Å². The molecule has 1 N–H and O–H groups in total. The number of amides is 1. The van der Waals surface area contributed by atoms with E-state index in [1.807, 2.05) is 23.1 Å². The topological polar surface area (TPSA) is 39.3 Å². The molecule has 162 valence electrons. The second-order valence-corrected chi connectivity index (χ2v) is 9.31. The first-order chi connectivity index (χ1) is 15.2. The van der Waals surface area contributed by atoms with Crippen LogP contribution in [0.15, 0.2) is 48.7 Å². The van der Waals surface area contributed by atoms with Crippen molar-refractivity contribution in [3.8, 4) is 0 Å². The highest BCUT2D eigenvalue weighted by Crippen LogP contribution is 2.35. The summed E-state index contributed by atoms with van der Waals surface area (Å²) < 4.78 is 0. The monoisotopic (exact) mass is 435 g/mol. The van der Waals surface area contributed by atoms with Crippen molar-refractivity contribution < 1.29 is 4.79 Å². The summed E-state index contributed by atoms with van der Waals surface area (Å²) in [5.74, 6) is 0.854. The number of likely N-dealkylation sites (tertiary alicyclic amines) is 1. The van der Waals surface area contributed by atoms with Crippen molar-refractivity contribution in [3.63, 3.8) is 0 Å². The molecule has 5 rings (SSSR count). The molecule has 0 spiro atoms. The van der Waals surface area contributed by atoms with Gasteiger partial charge in [-0.2, -0.15) is 0 Å². The molecular formula is C26H30ClN3O. The third-order valence-electron chi connectivity index (χ3n) is 7.00. The Hall–Kier alpha value is -2.30. The van der Waals surface area contributed by atoms with E-state index in [9.17, 15) is 4.79 Å². The van der Waals surface area contributed by atoms with Crippen molar-refractivity contribution in [1.82, 2.24) is 9.88 Å². The quantitative estimate of drug-likeness (QED) is 0.553. The molecule has 3 aromatic rings. The number of fused-ring (bicyclic) bond motifs is 2. The lowest BCUT2D eigenvalue weighted by Gasteiger charge is -2.32. The van der Waals surface area contributed by atoms with Gasteiger partial charge in [-0.1, -0.05) is 41.9 Å². The van der Waals surface area contributed by atoms with E-state index < -0.39 is 0 Å². The average molecular weight is 436 g/mol. The number of piperidine rings is 1. The van der Waals surface area contributed by atoms with Crippen molar-refractivity contribution in [2.45, 2.75) is 44.4 Å². The van der Waals surface area contributed by atoms with Gasteiger partial charge in [0.05, 0.1) is 10.5 Å². The predicted octanol–water partition coefficient (Wildman–Crippen LogP) is 5.76. The van der Waals surface area contributed by atoms with Crippen LogP contribution in [0.2, 0.25) is 5.02 Å². The average Bonchev–Trinajstić information content (AvgIpc) is 3.25. The fourth-order valence-electron chi connectivity index (χ4n) is 5.33. The maximum absolute atomic E-state index is 12.9. The first-order valence-corrected chi connectivity index (χ1v) is 11.9. The Bertz CT molecular complexity index is 1070. The molecule has 1 aromatic heterocycles. The molecule has 5 heteroatoms. The number of nitrogens with zero attached hydrogens (tertiary/aromatic N) is 2. The molecule has 0 saturated carbocycles. The molecule has 1 saturated heterocycles. The highest BCUT2D eigenvalue weighted by atomic mass is 35.5. The Labute approximate surface area is 189 Å². The van der Waals surface area contributed by atoms with Gasteiger partial charge in [0.1, 0.15) is 0 Å². The van der Waals surface area contributed by atoms with Crippen LogP contribution >= 0.6 is 11.6 Å². The number of nitrogens with one attached hydrogen (secondary N) is 1. The van der Waals surface area contributed by atoms with Gasteiger partial charge in [-0.3, -0.25) is 4.79 Å². The lowest BCUT2D eigenvalue weighted by molar-refractivity contribution is -0.118. The minimum absolute atomic E-state index is 0.276. The lowest BCUT2D eigenvalue weighted by atomic mass is 9.89. The number of aromatic nitrogens is 1. The number of benzene rings is 2. The summed E-state index contributed by atoms with van der Waals surface area (Å²) in [5.41, 5.74) is 4.89. The molecule has 0 atom stereocenters. The maximum atomic E-state index is 12.9. The summed E-state index contributed by atoms with van der Waals surface area (Å²) in [6.07, 6.45) is 8.18. The van der Waals surface area contributed by atoms with Crippen molar-refractivity contribution >= 4 is 34.1 Å². The zero-order valence-electron chi connectivity index (χ0n) is 17.9. The van der Waals surface area contributed by atoms with Crippen molar-refractivity contribution in [3.05, 3.63) is 64.8 Å². The third-order valence-corrected chi connectivity index (χ3v) is 7.32. The molecule has 1 fully saturated rings. The molecule has 2 aromatic carbocycles. The number of aromatic amines is 1. The fraction of sp³-hybridized carbons (Fsp3) is 0.423. The van der Waals surface area contributed by atoms with Crippen LogP contribution in [0.4, 0.5) is 5.69 Å². The Kier molecular flexibility index (Phi) is 6.02. The van der Waals surface area contributed by atoms with E-state index in [4.69, 9.17) is 11.6 Å². The third kappa shape index (κ3) is 4.24. The molecule has 0 aliphatic carbocycles. The van der Waals surface area contributed by atoms with Gasteiger partial charge in [0.25, 0.3) is 0 Å². The van der Waals surface area contributed by atoms with E-state index in [0.29, 0.717) is 12.3 Å². The van der Waals surface area contributed by atoms with E-state index >= 15 is 0 Å². The predicted molar refractivity (Wildman–Crippen MR) is 128 cm³/mol. The van der Waals surface area contributed by atoms with Crippen LogP contribution in [-0.4, -0.2) is 42.0 Å². The van der Waals surface area contributed by atoms with E-state index in [1.165, 1.54) is 16.5 Å². The number of para-hydroxylation sites is 2. The fourth-order valence-corrected chi connectivity index (χ4v) is 5.56. The molecule has 1 amide bonds. The standard InChI is InChI=1S/C26H30ClN3O/c27-23-9-3-8-21-22(18-28-26(21)23)19-12-16-29(17-13-19)14-5-11-25(31)30-15-4-7-20-6-1-2-10-24(20)30/h1-3,6,8-10,18-19,28H,4-5,7,11-17H2. The molecule has 3 heterocycles. The molecule has 4 nitrogen and oxygen atoms in total. The second kappa shape index (κ2) is 9.05. The molecular weight excluding hydrogens is 406 g/mol. The van der Waals surface area contributed by atoms with Crippen molar-refractivity contribution in [1.29, 1.82) is 0 Å². The summed E-state index contributed by atoms with van der Waals surface area (Å²) >= 11 is 6.33. The first kappa shape index (κ1) is 20.6. The largest absolute Gasteiger partial charge is 0.360 e. The highest BCUT2D eigenvalue weighted by Gasteiger charge is 2.24. The summed E-state index contributed by atoms with van der Waals surface area (Å²) in [6, 6.07) is 14.5. The molecule has 0 unspecified atom stereocenters. The molecule has 31 heavy (non-hydrogen) atoms. The highest BCUT2D eigenvalue weighted by molar-refractivity contribution is 6.35. The van der Waals surface area contributed by atoms with Crippen LogP contribution in [0.1, 0.15) is 49.1 Å².